The molecule has 0 saturated carbocycles. The highest BCUT2D eigenvalue weighted by Gasteiger charge is 2.21. The summed E-state index contributed by atoms with van der Waals surface area (Å²) in [7, 11) is 0. The fraction of sp³-hybridized carbons (Fsp3) is 0.211. The number of carbonyl (C=O) groups excluding carboxylic acids is 1. The number of nitrogens with zero attached hydrogens (tertiary/aromatic N) is 6. The van der Waals surface area contributed by atoms with Crippen LogP contribution in [0.5, 0.6) is 0 Å². The lowest BCUT2D eigenvalue weighted by Gasteiger charge is -2.35. The first kappa shape index (κ1) is 18.7. The predicted molar refractivity (Wildman–Crippen MR) is 103 cm³/mol. The summed E-state index contributed by atoms with van der Waals surface area (Å²) in [6.07, 6.45) is 4.72. The molecule has 1 amide bonds. The molecule has 148 valence electrons. The molecule has 0 aliphatic carbocycles. The minimum Gasteiger partial charge on any atom is -0.353 e. The summed E-state index contributed by atoms with van der Waals surface area (Å²) < 4.78 is 26.4. The van der Waals surface area contributed by atoms with E-state index in [4.69, 9.17) is 0 Å². The number of piperazine rings is 1. The van der Waals surface area contributed by atoms with Crippen LogP contribution in [0.25, 0.3) is 0 Å². The summed E-state index contributed by atoms with van der Waals surface area (Å²) >= 11 is 0. The van der Waals surface area contributed by atoms with Crippen molar-refractivity contribution in [3.63, 3.8) is 0 Å². The van der Waals surface area contributed by atoms with E-state index >= 15 is 0 Å². The molecule has 0 radical (unpaired) electrons. The number of halogens is 2. The summed E-state index contributed by atoms with van der Waals surface area (Å²) in [6, 6.07) is 6.49. The van der Waals surface area contributed by atoms with Crippen molar-refractivity contribution < 1.29 is 13.6 Å². The Morgan fingerprint density at radius 1 is 0.897 bits per heavy atom. The fourth-order valence-electron chi connectivity index (χ4n) is 3.00. The van der Waals surface area contributed by atoms with E-state index in [0.717, 1.165) is 12.1 Å². The van der Waals surface area contributed by atoms with Crippen molar-refractivity contribution >= 4 is 23.4 Å². The van der Waals surface area contributed by atoms with Crippen LogP contribution in [-0.4, -0.2) is 52.0 Å². The van der Waals surface area contributed by atoms with Gasteiger partial charge in [0.05, 0.1) is 0 Å². The number of hydrogen-bond donors (Lipinski definition) is 1. The van der Waals surface area contributed by atoms with Gasteiger partial charge in [0, 0.05) is 56.4 Å². The van der Waals surface area contributed by atoms with Crippen LogP contribution in [0, 0.1) is 11.6 Å². The van der Waals surface area contributed by atoms with Gasteiger partial charge in [0.2, 0.25) is 5.95 Å². The third-order valence-electron chi connectivity index (χ3n) is 4.50. The number of amides is 1. The van der Waals surface area contributed by atoms with Crippen LogP contribution in [-0.2, 0) is 0 Å². The molecule has 1 aliphatic rings. The van der Waals surface area contributed by atoms with E-state index in [0.29, 0.717) is 37.9 Å². The van der Waals surface area contributed by atoms with E-state index in [9.17, 15) is 13.6 Å². The summed E-state index contributed by atoms with van der Waals surface area (Å²) in [5, 5.41) is 2.51. The highest BCUT2D eigenvalue weighted by Crippen LogP contribution is 2.18. The molecule has 0 atom stereocenters. The van der Waals surface area contributed by atoms with Crippen molar-refractivity contribution in [3.8, 4) is 0 Å². The van der Waals surface area contributed by atoms with Gasteiger partial charge in [-0.2, -0.15) is 0 Å². The zero-order valence-electron chi connectivity index (χ0n) is 15.3. The molecule has 1 fully saturated rings. The molecule has 29 heavy (non-hydrogen) atoms. The molecule has 10 heteroatoms. The van der Waals surface area contributed by atoms with Gasteiger partial charge in [0.25, 0.3) is 5.91 Å². The fourth-order valence-corrected chi connectivity index (χ4v) is 3.00. The van der Waals surface area contributed by atoms with Crippen molar-refractivity contribution in [1.82, 2.24) is 19.9 Å². The maximum atomic E-state index is 13.3. The molecule has 8 nitrogen and oxygen atoms in total. The first-order chi connectivity index (χ1) is 14.1. The maximum Gasteiger partial charge on any atom is 0.274 e. The Bertz CT molecular complexity index is 1010. The Morgan fingerprint density at radius 3 is 2.34 bits per heavy atom. The van der Waals surface area contributed by atoms with E-state index in [1.165, 1.54) is 12.4 Å². The van der Waals surface area contributed by atoms with Gasteiger partial charge in [0.15, 0.2) is 11.6 Å². The van der Waals surface area contributed by atoms with Gasteiger partial charge < -0.3 is 15.1 Å². The molecule has 3 heterocycles. The lowest BCUT2D eigenvalue weighted by atomic mass is 10.2. The zero-order valence-corrected chi connectivity index (χ0v) is 15.3. The van der Waals surface area contributed by atoms with E-state index < -0.39 is 17.5 Å². The SMILES string of the molecule is O=C(Nc1ccc(F)c(F)c1)c1cc(N2CCN(c3ncccn3)CC2)ncn1. The van der Waals surface area contributed by atoms with Gasteiger partial charge in [-0.1, -0.05) is 0 Å². The predicted octanol–water partition coefficient (Wildman–Crippen LogP) is 2.12. The van der Waals surface area contributed by atoms with Crippen LogP contribution in [0.1, 0.15) is 10.5 Å². The molecular weight excluding hydrogens is 380 g/mol. The average molecular weight is 397 g/mol. The molecule has 0 spiro atoms. The Morgan fingerprint density at radius 2 is 1.62 bits per heavy atom. The molecule has 1 aromatic carbocycles. The lowest BCUT2D eigenvalue weighted by molar-refractivity contribution is 0.102. The molecule has 1 saturated heterocycles. The summed E-state index contributed by atoms with van der Waals surface area (Å²) in [5.41, 5.74) is 0.277. The van der Waals surface area contributed by atoms with Gasteiger partial charge >= 0.3 is 0 Å². The van der Waals surface area contributed by atoms with Gasteiger partial charge in [-0.15, -0.1) is 0 Å². The maximum absolute atomic E-state index is 13.3. The quantitative estimate of drug-likeness (QED) is 0.722. The summed E-state index contributed by atoms with van der Waals surface area (Å²) in [5.74, 6) is -1.25. The average Bonchev–Trinajstić information content (AvgIpc) is 2.77. The third-order valence-corrected chi connectivity index (χ3v) is 4.50. The molecule has 2 aromatic heterocycles. The first-order valence-corrected chi connectivity index (χ1v) is 8.95. The number of hydrogen-bond acceptors (Lipinski definition) is 7. The Labute approximate surface area is 165 Å². The summed E-state index contributed by atoms with van der Waals surface area (Å²) in [4.78, 5) is 33.3. The first-order valence-electron chi connectivity index (χ1n) is 8.95. The Kier molecular flexibility index (Phi) is 5.23. The van der Waals surface area contributed by atoms with Crippen molar-refractivity contribution in [2.45, 2.75) is 0 Å². The standard InChI is InChI=1S/C19H17F2N7O/c20-14-3-2-13(10-15(14)21)26-18(29)16-11-17(25-12-24-16)27-6-8-28(9-7-27)19-22-4-1-5-23-19/h1-5,10-12H,6-9H2,(H,26,29). The molecule has 1 N–H and O–H groups in total. The van der Waals surface area contributed by atoms with Gasteiger partial charge in [-0.05, 0) is 18.2 Å². The largest absolute Gasteiger partial charge is 0.353 e. The van der Waals surface area contributed by atoms with Crippen molar-refractivity contribution in [2.75, 3.05) is 41.3 Å². The zero-order chi connectivity index (χ0) is 20.2. The minimum absolute atomic E-state index is 0.133. The second-order valence-electron chi connectivity index (χ2n) is 6.37. The normalized spacial score (nSPS) is 14.0. The lowest BCUT2D eigenvalue weighted by Crippen LogP contribution is -2.47. The number of aromatic nitrogens is 4. The highest BCUT2D eigenvalue weighted by atomic mass is 19.2. The Balaban J connectivity index is 1.42. The topological polar surface area (TPSA) is 87.1 Å². The number of carbonyl (C=O) groups is 1. The van der Waals surface area contributed by atoms with Crippen molar-refractivity contribution in [1.29, 1.82) is 0 Å². The molecule has 3 aromatic rings. The van der Waals surface area contributed by atoms with E-state index in [1.807, 2.05) is 4.90 Å². The molecule has 1 aliphatic heterocycles. The number of anilines is 3. The van der Waals surface area contributed by atoms with E-state index in [-0.39, 0.29) is 11.4 Å². The van der Waals surface area contributed by atoms with Crippen LogP contribution in [0.15, 0.2) is 49.1 Å². The van der Waals surface area contributed by atoms with Crippen molar-refractivity contribution in [2.24, 2.45) is 0 Å². The minimum atomic E-state index is -1.04. The summed E-state index contributed by atoms with van der Waals surface area (Å²) in [6.45, 7) is 2.79. The molecule has 0 unspecified atom stereocenters. The molecule has 0 bridgehead atoms. The van der Waals surface area contributed by atoms with Gasteiger partial charge in [-0.3, -0.25) is 4.79 Å². The second kappa shape index (κ2) is 8.13. The highest BCUT2D eigenvalue weighted by molar-refractivity contribution is 6.03. The number of benzene rings is 1. The van der Waals surface area contributed by atoms with Crippen molar-refractivity contribution in [3.05, 3.63) is 66.4 Å². The third kappa shape index (κ3) is 4.26. The van der Waals surface area contributed by atoms with Crippen LogP contribution >= 0.6 is 0 Å². The monoisotopic (exact) mass is 397 g/mol. The van der Waals surface area contributed by atoms with Crippen LogP contribution < -0.4 is 15.1 Å². The number of nitrogens with one attached hydrogen (secondary N) is 1. The smallest absolute Gasteiger partial charge is 0.274 e. The van der Waals surface area contributed by atoms with E-state index in [2.05, 4.69) is 30.2 Å². The van der Waals surface area contributed by atoms with Gasteiger partial charge in [-0.25, -0.2) is 28.7 Å². The van der Waals surface area contributed by atoms with Crippen LogP contribution in [0.3, 0.4) is 0 Å². The second-order valence-corrected chi connectivity index (χ2v) is 6.37. The van der Waals surface area contributed by atoms with E-state index in [1.54, 1.807) is 24.5 Å². The number of rotatable bonds is 4. The van der Waals surface area contributed by atoms with Crippen LogP contribution in [0.2, 0.25) is 0 Å². The Hall–Kier alpha value is -3.69. The van der Waals surface area contributed by atoms with Gasteiger partial charge in [0.1, 0.15) is 17.8 Å². The molecular formula is C19H17F2N7O. The van der Waals surface area contributed by atoms with Crippen LogP contribution in [0.4, 0.5) is 26.2 Å². The molecule has 4 rings (SSSR count).